The molecule has 0 N–H and O–H groups in total. The molecule has 0 spiro atoms. The molecule has 0 aliphatic heterocycles. The van der Waals surface area contributed by atoms with Crippen LogP contribution in [0.15, 0.2) is 53.9 Å². The molecule has 0 saturated heterocycles. The van der Waals surface area contributed by atoms with Gasteiger partial charge in [-0.05, 0) is 23.8 Å². The van der Waals surface area contributed by atoms with Crippen molar-refractivity contribution in [2.45, 2.75) is 25.4 Å². The van der Waals surface area contributed by atoms with Crippen LogP contribution < -0.4 is 0 Å². The molecule has 0 amide bonds. The summed E-state index contributed by atoms with van der Waals surface area (Å²) in [5.41, 5.74) is 3.76. The van der Waals surface area contributed by atoms with Crippen molar-refractivity contribution >= 4 is 17.6 Å². The number of carbonyl (C=O) groups is 1. The lowest BCUT2D eigenvalue weighted by atomic mass is 10.0. The average molecular weight is 477 g/mol. The van der Waals surface area contributed by atoms with Crippen molar-refractivity contribution < 1.29 is 32.3 Å². The standard InChI is InChI=1S/C24H26F3N3O4/c1-32-9-10-33-11-12-34-29-16-19-6-8-30-22(17-28-23(30)15-19)20-4-2-3-18(13-20)14-21(31)5-7-24(25,26)27/h2-4,6,8,13,15-17H,5,7,9-12,14H2,1H3/b29-16-. The lowest BCUT2D eigenvalue weighted by Gasteiger charge is -2.07. The molecule has 7 nitrogen and oxygen atoms in total. The summed E-state index contributed by atoms with van der Waals surface area (Å²) in [6.45, 7) is 1.76. The Bertz CT molecular complexity index is 1110. The maximum absolute atomic E-state index is 12.4. The van der Waals surface area contributed by atoms with Crippen molar-refractivity contribution in [1.29, 1.82) is 0 Å². The second-order valence-corrected chi connectivity index (χ2v) is 7.54. The Kier molecular flexibility index (Phi) is 9.17. The highest BCUT2D eigenvalue weighted by molar-refractivity contribution is 5.82. The second kappa shape index (κ2) is 12.3. The largest absolute Gasteiger partial charge is 0.393 e. The highest BCUT2D eigenvalue weighted by atomic mass is 19.4. The number of methoxy groups -OCH3 is 1. The molecule has 34 heavy (non-hydrogen) atoms. The van der Waals surface area contributed by atoms with E-state index in [0.717, 1.165) is 16.8 Å². The van der Waals surface area contributed by atoms with Gasteiger partial charge in [0.1, 0.15) is 18.0 Å². The Morgan fingerprint density at radius 3 is 2.76 bits per heavy atom. The molecule has 3 rings (SSSR count). The van der Waals surface area contributed by atoms with Crippen molar-refractivity contribution in [3.8, 4) is 11.3 Å². The molecule has 2 aromatic heterocycles. The van der Waals surface area contributed by atoms with Crippen LogP contribution in [-0.2, 0) is 25.5 Å². The number of hydrogen-bond acceptors (Lipinski definition) is 6. The Balaban J connectivity index is 1.61. The normalized spacial score (nSPS) is 12.0. The van der Waals surface area contributed by atoms with E-state index in [4.69, 9.17) is 14.3 Å². The second-order valence-electron chi connectivity index (χ2n) is 7.54. The zero-order valence-electron chi connectivity index (χ0n) is 18.8. The third kappa shape index (κ3) is 7.96. The Hall–Kier alpha value is -3.24. The first kappa shape index (κ1) is 25.4. The molecule has 0 radical (unpaired) electrons. The van der Waals surface area contributed by atoms with E-state index < -0.39 is 24.8 Å². The molecule has 0 aliphatic rings. The summed E-state index contributed by atoms with van der Waals surface area (Å²) in [5, 5.41) is 3.92. The number of carbonyl (C=O) groups excluding carboxylic acids is 1. The van der Waals surface area contributed by atoms with E-state index in [0.29, 0.717) is 37.6 Å². The molecule has 1 aromatic carbocycles. The molecule has 0 fully saturated rings. The van der Waals surface area contributed by atoms with Gasteiger partial charge in [0.15, 0.2) is 0 Å². The molecule has 0 aliphatic carbocycles. The van der Waals surface area contributed by atoms with Crippen LogP contribution in [0.3, 0.4) is 0 Å². The minimum atomic E-state index is -4.33. The smallest absolute Gasteiger partial charge is 0.389 e. The number of aromatic nitrogens is 2. The fourth-order valence-electron chi connectivity index (χ4n) is 3.22. The summed E-state index contributed by atoms with van der Waals surface area (Å²) in [6.07, 6.45) is -0.865. The van der Waals surface area contributed by atoms with Crippen LogP contribution in [0.5, 0.6) is 0 Å². The van der Waals surface area contributed by atoms with E-state index in [1.807, 2.05) is 28.8 Å². The minimum absolute atomic E-state index is 0.0430. The van der Waals surface area contributed by atoms with Gasteiger partial charge in [-0.15, -0.1) is 0 Å². The number of ketones is 1. The van der Waals surface area contributed by atoms with E-state index in [-0.39, 0.29) is 6.42 Å². The van der Waals surface area contributed by atoms with Crippen LogP contribution in [-0.4, -0.2) is 61.1 Å². The maximum Gasteiger partial charge on any atom is 0.389 e. The van der Waals surface area contributed by atoms with Crippen molar-refractivity contribution in [1.82, 2.24) is 9.38 Å². The average Bonchev–Trinajstić information content (AvgIpc) is 3.22. The summed E-state index contributed by atoms with van der Waals surface area (Å²) >= 11 is 0. The fraction of sp³-hybridized carbons (Fsp3) is 0.375. The number of imidazole rings is 1. The van der Waals surface area contributed by atoms with Crippen molar-refractivity contribution in [2.75, 3.05) is 33.5 Å². The quantitative estimate of drug-likeness (QED) is 0.206. The maximum atomic E-state index is 12.4. The number of benzene rings is 1. The zero-order valence-corrected chi connectivity index (χ0v) is 18.8. The Labute approximate surface area is 195 Å². The third-order valence-corrected chi connectivity index (χ3v) is 4.88. The van der Waals surface area contributed by atoms with E-state index in [9.17, 15) is 18.0 Å². The summed E-state index contributed by atoms with van der Waals surface area (Å²) in [5.74, 6) is -0.444. The van der Waals surface area contributed by atoms with E-state index in [2.05, 4.69) is 10.1 Å². The van der Waals surface area contributed by atoms with Crippen LogP contribution >= 0.6 is 0 Å². The van der Waals surface area contributed by atoms with Gasteiger partial charge in [-0.1, -0.05) is 23.4 Å². The van der Waals surface area contributed by atoms with Gasteiger partial charge in [0, 0.05) is 37.3 Å². The first-order chi connectivity index (χ1) is 16.4. The Morgan fingerprint density at radius 1 is 1.15 bits per heavy atom. The number of oxime groups is 1. The van der Waals surface area contributed by atoms with Crippen LogP contribution in [0.25, 0.3) is 16.9 Å². The van der Waals surface area contributed by atoms with Crippen molar-refractivity contribution in [3.63, 3.8) is 0 Å². The lowest BCUT2D eigenvalue weighted by Crippen LogP contribution is -2.12. The number of halogens is 3. The fourth-order valence-corrected chi connectivity index (χ4v) is 3.22. The predicted molar refractivity (Wildman–Crippen MR) is 121 cm³/mol. The molecular weight excluding hydrogens is 451 g/mol. The molecule has 0 atom stereocenters. The number of alkyl halides is 3. The highest BCUT2D eigenvalue weighted by Gasteiger charge is 2.27. The number of rotatable bonds is 13. The van der Waals surface area contributed by atoms with Crippen LogP contribution in [0, 0.1) is 0 Å². The van der Waals surface area contributed by atoms with Crippen LogP contribution in [0.4, 0.5) is 13.2 Å². The number of fused-ring (bicyclic) bond motifs is 1. The van der Waals surface area contributed by atoms with Gasteiger partial charge < -0.3 is 14.3 Å². The molecule has 10 heteroatoms. The van der Waals surface area contributed by atoms with Crippen molar-refractivity contribution in [2.24, 2.45) is 5.16 Å². The molecular formula is C24H26F3N3O4. The van der Waals surface area contributed by atoms with Gasteiger partial charge in [-0.25, -0.2) is 4.98 Å². The summed E-state index contributed by atoms with van der Waals surface area (Å²) in [6, 6.07) is 10.9. The molecule has 3 aromatic rings. The number of pyridine rings is 1. The molecule has 0 bridgehead atoms. The molecule has 2 heterocycles. The van der Waals surface area contributed by atoms with E-state index in [1.54, 1.807) is 37.7 Å². The zero-order chi connectivity index (χ0) is 24.4. The SMILES string of the molecule is COCCOCCO/N=C\c1ccn2c(-c3cccc(CC(=O)CCC(F)(F)F)c3)cnc2c1. The first-order valence-corrected chi connectivity index (χ1v) is 10.7. The molecule has 182 valence electrons. The molecule has 0 unspecified atom stereocenters. The topological polar surface area (TPSA) is 74.4 Å². The summed E-state index contributed by atoms with van der Waals surface area (Å²) in [4.78, 5) is 21.5. The van der Waals surface area contributed by atoms with Gasteiger partial charge >= 0.3 is 6.18 Å². The highest BCUT2D eigenvalue weighted by Crippen LogP contribution is 2.24. The van der Waals surface area contributed by atoms with Gasteiger partial charge in [0.2, 0.25) is 0 Å². The number of hydrogen-bond donors (Lipinski definition) is 0. The lowest BCUT2D eigenvalue weighted by molar-refractivity contribution is -0.143. The summed E-state index contributed by atoms with van der Waals surface area (Å²) in [7, 11) is 1.61. The van der Waals surface area contributed by atoms with Crippen LogP contribution in [0.2, 0.25) is 0 Å². The van der Waals surface area contributed by atoms with Crippen molar-refractivity contribution in [3.05, 3.63) is 59.9 Å². The van der Waals surface area contributed by atoms with Gasteiger partial charge in [-0.3, -0.25) is 9.20 Å². The van der Waals surface area contributed by atoms with Gasteiger partial charge in [0.25, 0.3) is 0 Å². The minimum Gasteiger partial charge on any atom is -0.393 e. The number of Topliss-reactive ketones (excluding diaryl/α,β-unsaturated/α-hetero) is 1. The number of nitrogens with zero attached hydrogens (tertiary/aromatic N) is 3. The monoisotopic (exact) mass is 477 g/mol. The third-order valence-electron chi connectivity index (χ3n) is 4.88. The number of ether oxygens (including phenoxy) is 2. The van der Waals surface area contributed by atoms with Gasteiger partial charge in [-0.2, -0.15) is 13.2 Å². The Morgan fingerprint density at radius 2 is 1.97 bits per heavy atom. The van der Waals surface area contributed by atoms with Crippen LogP contribution in [0.1, 0.15) is 24.0 Å². The predicted octanol–water partition coefficient (Wildman–Crippen LogP) is 4.47. The first-order valence-electron chi connectivity index (χ1n) is 10.7. The molecule has 0 saturated carbocycles. The van der Waals surface area contributed by atoms with Gasteiger partial charge in [0.05, 0.1) is 44.3 Å². The van der Waals surface area contributed by atoms with E-state index >= 15 is 0 Å². The van der Waals surface area contributed by atoms with E-state index in [1.165, 1.54) is 0 Å². The summed E-state index contributed by atoms with van der Waals surface area (Å²) < 4.78 is 49.1.